The molecule has 0 saturated heterocycles. The molecule has 1 N–H and O–H groups in total. The molecule has 1 amide bonds. The Morgan fingerprint density at radius 1 is 1.11 bits per heavy atom. The first-order valence-electron chi connectivity index (χ1n) is 8.75. The molecule has 0 aliphatic rings. The van der Waals surface area contributed by atoms with Crippen LogP contribution in [0.2, 0.25) is 0 Å². The van der Waals surface area contributed by atoms with E-state index in [0.29, 0.717) is 10.8 Å². The van der Waals surface area contributed by atoms with Gasteiger partial charge in [0, 0.05) is 23.3 Å². The maximum atomic E-state index is 12.7. The molecule has 0 spiro atoms. The molecule has 6 nitrogen and oxygen atoms in total. The number of anilines is 1. The number of fused-ring (bicyclic) bond motifs is 1. The van der Waals surface area contributed by atoms with E-state index in [0.717, 1.165) is 16.8 Å². The van der Waals surface area contributed by atoms with E-state index in [2.05, 4.69) is 35.2 Å². The third-order valence-corrected chi connectivity index (χ3v) is 5.38. The fourth-order valence-corrected chi connectivity index (χ4v) is 3.58. The van der Waals surface area contributed by atoms with Gasteiger partial charge in [-0.15, -0.1) is 11.3 Å². The first-order valence-corrected chi connectivity index (χ1v) is 9.63. The van der Waals surface area contributed by atoms with Crippen LogP contribution in [0.5, 0.6) is 0 Å². The van der Waals surface area contributed by atoms with Crippen LogP contribution >= 0.6 is 11.3 Å². The predicted octanol–water partition coefficient (Wildman–Crippen LogP) is 4.00. The van der Waals surface area contributed by atoms with Gasteiger partial charge in [-0.25, -0.2) is 9.97 Å². The van der Waals surface area contributed by atoms with Crippen LogP contribution in [0.3, 0.4) is 0 Å². The van der Waals surface area contributed by atoms with Gasteiger partial charge < -0.3 is 0 Å². The van der Waals surface area contributed by atoms with E-state index in [4.69, 9.17) is 0 Å². The number of benzene rings is 1. The van der Waals surface area contributed by atoms with Gasteiger partial charge in [-0.05, 0) is 49.6 Å². The summed E-state index contributed by atoms with van der Waals surface area (Å²) in [6.45, 7) is 5.99. The van der Waals surface area contributed by atoms with Crippen molar-refractivity contribution in [2.75, 3.05) is 5.32 Å². The maximum absolute atomic E-state index is 12.7. The number of rotatable bonds is 3. The SMILES string of the molecule is Cc1ccc2ncc(C(=O)Nc3nc(-c4ccc(C)c(C)c4)cs3)c(=O)n2c1. The zero-order chi connectivity index (χ0) is 19.8. The number of thiazole rings is 1. The Balaban J connectivity index is 1.62. The molecule has 0 radical (unpaired) electrons. The highest BCUT2D eigenvalue weighted by Gasteiger charge is 2.15. The fourth-order valence-electron chi connectivity index (χ4n) is 2.87. The highest BCUT2D eigenvalue weighted by molar-refractivity contribution is 7.14. The third kappa shape index (κ3) is 3.32. The van der Waals surface area contributed by atoms with Gasteiger partial charge >= 0.3 is 0 Å². The summed E-state index contributed by atoms with van der Waals surface area (Å²) < 4.78 is 1.38. The Hall–Kier alpha value is -3.32. The summed E-state index contributed by atoms with van der Waals surface area (Å²) in [6.07, 6.45) is 2.98. The molecule has 1 aromatic carbocycles. The largest absolute Gasteiger partial charge is 0.298 e. The number of amides is 1. The van der Waals surface area contributed by atoms with E-state index in [9.17, 15) is 9.59 Å². The van der Waals surface area contributed by atoms with E-state index in [1.807, 2.05) is 30.5 Å². The molecule has 0 saturated carbocycles. The summed E-state index contributed by atoms with van der Waals surface area (Å²) in [5.41, 5.74) is 5.15. The Labute approximate surface area is 165 Å². The topological polar surface area (TPSA) is 76.4 Å². The van der Waals surface area contributed by atoms with Crippen LogP contribution in [-0.2, 0) is 0 Å². The highest BCUT2D eigenvalue weighted by Crippen LogP contribution is 2.26. The fraction of sp³-hybridized carbons (Fsp3) is 0.143. The van der Waals surface area contributed by atoms with Crippen LogP contribution in [0.25, 0.3) is 16.9 Å². The van der Waals surface area contributed by atoms with Crippen molar-refractivity contribution in [2.45, 2.75) is 20.8 Å². The molecule has 0 atom stereocenters. The van der Waals surface area contributed by atoms with Crippen molar-refractivity contribution in [3.8, 4) is 11.3 Å². The van der Waals surface area contributed by atoms with Crippen LogP contribution < -0.4 is 10.9 Å². The number of carbonyl (C=O) groups excluding carboxylic acids is 1. The Kier molecular flexibility index (Phi) is 4.52. The number of nitrogens with one attached hydrogen (secondary N) is 1. The molecule has 7 heteroatoms. The zero-order valence-electron chi connectivity index (χ0n) is 15.7. The number of pyridine rings is 1. The number of carbonyl (C=O) groups is 1. The van der Waals surface area contributed by atoms with E-state index in [1.165, 1.54) is 33.1 Å². The van der Waals surface area contributed by atoms with Gasteiger partial charge in [-0.1, -0.05) is 18.2 Å². The number of nitrogens with zero attached hydrogens (tertiary/aromatic N) is 3. The number of aromatic nitrogens is 3. The quantitative estimate of drug-likeness (QED) is 0.574. The predicted molar refractivity (Wildman–Crippen MR) is 111 cm³/mol. The van der Waals surface area contributed by atoms with Crippen LogP contribution in [0, 0.1) is 20.8 Å². The van der Waals surface area contributed by atoms with Gasteiger partial charge in [0.05, 0.1) is 5.69 Å². The average Bonchev–Trinajstić information content (AvgIpc) is 3.13. The van der Waals surface area contributed by atoms with Crippen molar-refractivity contribution in [3.05, 3.63) is 80.7 Å². The number of aryl methyl sites for hydroxylation is 3. The van der Waals surface area contributed by atoms with Crippen molar-refractivity contribution >= 4 is 28.0 Å². The molecule has 4 aromatic rings. The highest BCUT2D eigenvalue weighted by atomic mass is 32.1. The van der Waals surface area contributed by atoms with E-state index >= 15 is 0 Å². The molecule has 0 fully saturated rings. The lowest BCUT2D eigenvalue weighted by Crippen LogP contribution is -2.26. The average molecular weight is 390 g/mol. The van der Waals surface area contributed by atoms with Crippen molar-refractivity contribution in [3.63, 3.8) is 0 Å². The van der Waals surface area contributed by atoms with Crippen molar-refractivity contribution in [1.29, 1.82) is 0 Å². The van der Waals surface area contributed by atoms with Gasteiger partial charge in [-0.2, -0.15) is 0 Å². The lowest BCUT2D eigenvalue weighted by atomic mass is 10.1. The van der Waals surface area contributed by atoms with Crippen LogP contribution in [0.15, 0.2) is 52.9 Å². The molecule has 0 aliphatic heterocycles. The molecule has 0 bridgehead atoms. The summed E-state index contributed by atoms with van der Waals surface area (Å²) in [4.78, 5) is 33.9. The Bertz CT molecular complexity index is 1270. The second-order valence-electron chi connectivity index (χ2n) is 6.70. The zero-order valence-corrected chi connectivity index (χ0v) is 16.5. The second-order valence-corrected chi connectivity index (χ2v) is 7.56. The van der Waals surface area contributed by atoms with Crippen LogP contribution in [0.1, 0.15) is 27.0 Å². The van der Waals surface area contributed by atoms with Crippen LogP contribution in [0.4, 0.5) is 5.13 Å². The summed E-state index contributed by atoms with van der Waals surface area (Å²) >= 11 is 1.32. The van der Waals surface area contributed by atoms with Crippen LogP contribution in [-0.4, -0.2) is 20.3 Å². The normalized spacial score (nSPS) is 11.0. The minimum atomic E-state index is -0.519. The first-order chi connectivity index (χ1) is 13.4. The molecule has 3 heterocycles. The lowest BCUT2D eigenvalue weighted by Gasteiger charge is -2.05. The van der Waals surface area contributed by atoms with Crippen molar-refractivity contribution in [2.24, 2.45) is 0 Å². The summed E-state index contributed by atoms with van der Waals surface area (Å²) in [5, 5.41) is 5.03. The number of hydrogen-bond acceptors (Lipinski definition) is 5. The summed E-state index contributed by atoms with van der Waals surface area (Å²) in [5.74, 6) is -0.519. The Morgan fingerprint density at radius 3 is 2.71 bits per heavy atom. The molecule has 28 heavy (non-hydrogen) atoms. The minimum Gasteiger partial charge on any atom is -0.298 e. The maximum Gasteiger partial charge on any atom is 0.270 e. The van der Waals surface area contributed by atoms with Gasteiger partial charge in [0.2, 0.25) is 0 Å². The van der Waals surface area contributed by atoms with Gasteiger partial charge in [0.1, 0.15) is 11.2 Å². The molecular weight excluding hydrogens is 372 g/mol. The second kappa shape index (κ2) is 7.01. The Morgan fingerprint density at radius 2 is 1.93 bits per heavy atom. The van der Waals surface area contributed by atoms with Gasteiger partial charge in [0.15, 0.2) is 5.13 Å². The van der Waals surface area contributed by atoms with Crippen molar-refractivity contribution < 1.29 is 4.79 Å². The smallest absolute Gasteiger partial charge is 0.270 e. The molecule has 0 unspecified atom stereocenters. The van der Waals surface area contributed by atoms with E-state index < -0.39 is 11.5 Å². The first kappa shape index (κ1) is 18.1. The number of hydrogen-bond donors (Lipinski definition) is 1. The van der Waals surface area contributed by atoms with Crippen molar-refractivity contribution in [1.82, 2.24) is 14.4 Å². The molecule has 3 aromatic heterocycles. The monoisotopic (exact) mass is 390 g/mol. The molecule has 4 rings (SSSR count). The lowest BCUT2D eigenvalue weighted by molar-refractivity contribution is 0.102. The molecular formula is C21H18N4O2S. The standard InChI is InChI=1S/C21H18N4O2S/c1-12-4-7-18-22-9-16(20(27)25(18)10-12)19(26)24-21-23-17(11-28-21)15-6-5-13(2)14(3)8-15/h4-11H,1-3H3,(H,23,24,26). The minimum absolute atomic E-state index is 0.0222. The summed E-state index contributed by atoms with van der Waals surface area (Å²) in [6, 6.07) is 9.73. The summed E-state index contributed by atoms with van der Waals surface area (Å²) in [7, 11) is 0. The van der Waals surface area contributed by atoms with Gasteiger partial charge in [0.25, 0.3) is 11.5 Å². The van der Waals surface area contributed by atoms with E-state index in [-0.39, 0.29) is 5.56 Å². The third-order valence-electron chi connectivity index (χ3n) is 4.62. The van der Waals surface area contributed by atoms with E-state index in [1.54, 1.807) is 12.3 Å². The molecule has 0 aliphatic carbocycles. The van der Waals surface area contributed by atoms with Gasteiger partial charge in [-0.3, -0.25) is 19.3 Å². The molecule has 140 valence electrons.